The minimum Gasteiger partial charge on any atom is -0.331 e. The van der Waals surface area contributed by atoms with Crippen LogP contribution in [0.5, 0.6) is 0 Å². The van der Waals surface area contributed by atoms with E-state index in [0.717, 1.165) is 30.5 Å². The monoisotopic (exact) mass is 380 g/mol. The number of urea groups is 1. The fourth-order valence-corrected chi connectivity index (χ4v) is 3.99. The predicted octanol–water partition coefficient (Wildman–Crippen LogP) is 5.11. The smallest absolute Gasteiger partial charge is 0.318 e. The normalized spacial score (nSPS) is 16.0. The second-order valence-corrected chi connectivity index (χ2v) is 8.16. The summed E-state index contributed by atoms with van der Waals surface area (Å²) in [6.45, 7) is 4.92. The summed E-state index contributed by atoms with van der Waals surface area (Å²) in [6, 6.07) is 10.1. The van der Waals surface area contributed by atoms with Crippen LogP contribution in [0, 0.1) is 5.92 Å². The van der Waals surface area contributed by atoms with Gasteiger partial charge in [-0.05, 0) is 48.9 Å². The van der Waals surface area contributed by atoms with Crippen LogP contribution in [-0.4, -0.2) is 26.9 Å². The van der Waals surface area contributed by atoms with Crippen LogP contribution < -0.4 is 5.32 Å². The van der Waals surface area contributed by atoms with Gasteiger partial charge >= 0.3 is 6.03 Å². The highest BCUT2D eigenvalue weighted by Gasteiger charge is 2.28. The van der Waals surface area contributed by atoms with Crippen molar-refractivity contribution in [3.05, 3.63) is 60.2 Å². The number of hydrogen-bond donors (Lipinski definition) is 1. The van der Waals surface area contributed by atoms with Gasteiger partial charge in [-0.3, -0.25) is 9.97 Å². The van der Waals surface area contributed by atoms with E-state index in [4.69, 9.17) is 0 Å². The van der Waals surface area contributed by atoms with Crippen LogP contribution in [0.1, 0.15) is 69.7 Å². The van der Waals surface area contributed by atoms with Gasteiger partial charge in [-0.25, -0.2) is 4.79 Å². The molecule has 28 heavy (non-hydrogen) atoms. The molecule has 0 spiro atoms. The quantitative estimate of drug-likeness (QED) is 0.726. The Morgan fingerprint density at radius 1 is 1.14 bits per heavy atom. The summed E-state index contributed by atoms with van der Waals surface area (Å²) in [7, 11) is 0. The van der Waals surface area contributed by atoms with E-state index < -0.39 is 0 Å². The number of nitrogens with one attached hydrogen (secondary N) is 1. The molecule has 150 valence electrons. The summed E-state index contributed by atoms with van der Waals surface area (Å²) in [4.78, 5) is 24.1. The van der Waals surface area contributed by atoms with Gasteiger partial charge in [0.2, 0.25) is 0 Å². The van der Waals surface area contributed by atoms with E-state index in [1.807, 2.05) is 41.4 Å². The molecule has 2 aromatic rings. The fraction of sp³-hybridized carbons (Fsp3) is 0.522. The van der Waals surface area contributed by atoms with E-state index >= 15 is 0 Å². The van der Waals surface area contributed by atoms with Gasteiger partial charge in [-0.15, -0.1) is 0 Å². The SMILES string of the molecule is CC(C)CC(NC(=O)N(Cc1ccccn1)C1CCCCC1)c1cccnc1. The third kappa shape index (κ3) is 5.78. The fourth-order valence-electron chi connectivity index (χ4n) is 3.99. The summed E-state index contributed by atoms with van der Waals surface area (Å²) < 4.78 is 0. The van der Waals surface area contributed by atoms with Crippen molar-refractivity contribution in [1.29, 1.82) is 0 Å². The first-order chi connectivity index (χ1) is 13.6. The zero-order valence-electron chi connectivity index (χ0n) is 17.1. The Labute approximate surface area is 168 Å². The van der Waals surface area contributed by atoms with Crippen molar-refractivity contribution in [3.63, 3.8) is 0 Å². The van der Waals surface area contributed by atoms with Crippen molar-refractivity contribution >= 4 is 6.03 Å². The summed E-state index contributed by atoms with van der Waals surface area (Å²) in [5.41, 5.74) is 2.00. The van der Waals surface area contributed by atoms with Gasteiger partial charge in [-0.1, -0.05) is 45.2 Å². The molecule has 0 aromatic carbocycles. The molecule has 2 amide bonds. The van der Waals surface area contributed by atoms with Crippen molar-refractivity contribution in [3.8, 4) is 0 Å². The van der Waals surface area contributed by atoms with Crippen LogP contribution in [0.15, 0.2) is 48.9 Å². The van der Waals surface area contributed by atoms with Crippen LogP contribution in [0.2, 0.25) is 0 Å². The molecule has 1 aliphatic carbocycles. The second-order valence-electron chi connectivity index (χ2n) is 8.16. The summed E-state index contributed by atoms with van der Waals surface area (Å²) in [5, 5.41) is 3.30. The van der Waals surface area contributed by atoms with Crippen molar-refractivity contribution in [1.82, 2.24) is 20.2 Å². The van der Waals surface area contributed by atoms with E-state index in [0.29, 0.717) is 12.5 Å². The van der Waals surface area contributed by atoms with Crippen LogP contribution in [0.4, 0.5) is 4.79 Å². The molecule has 1 fully saturated rings. The second kappa shape index (κ2) is 10.2. The number of hydrogen-bond acceptors (Lipinski definition) is 3. The molecule has 3 rings (SSSR count). The Kier molecular flexibility index (Phi) is 7.40. The number of aromatic nitrogens is 2. The maximum Gasteiger partial charge on any atom is 0.318 e. The highest BCUT2D eigenvalue weighted by Crippen LogP contribution is 2.26. The van der Waals surface area contributed by atoms with Gasteiger partial charge in [0, 0.05) is 24.6 Å². The summed E-state index contributed by atoms with van der Waals surface area (Å²) in [6.07, 6.45) is 12.1. The molecule has 1 unspecified atom stereocenters. The lowest BCUT2D eigenvalue weighted by Gasteiger charge is -2.35. The average molecular weight is 381 g/mol. The molecule has 1 saturated carbocycles. The van der Waals surface area contributed by atoms with Crippen LogP contribution >= 0.6 is 0 Å². The van der Waals surface area contributed by atoms with Crippen LogP contribution in [0.25, 0.3) is 0 Å². The first-order valence-electron chi connectivity index (χ1n) is 10.5. The Balaban J connectivity index is 1.78. The van der Waals surface area contributed by atoms with E-state index in [1.165, 1.54) is 19.3 Å². The molecule has 0 bridgehead atoms. The topological polar surface area (TPSA) is 58.1 Å². The Bertz CT molecular complexity index is 714. The average Bonchev–Trinajstić information content (AvgIpc) is 2.73. The van der Waals surface area contributed by atoms with Crippen molar-refractivity contribution in [2.45, 2.75) is 71.0 Å². The van der Waals surface area contributed by atoms with E-state index in [9.17, 15) is 4.79 Å². The maximum atomic E-state index is 13.4. The molecule has 2 aromatic heterocycles. The standard InChI is InChI=1S/C23H32N4O/c1-18(2)15-22(19-9-8-13-24-16-19)26-23(28)27(21-11-4-3-5-12-21)17-20-10-6-7-14-25-20/h6-10,13-14,16,18,21-22H,3-5,11-12,15,17H2,1-2H3,(H,26,28). The number of amides is 2. The van der Waals surface area contributed by atoms with Gasteiger partial charge in [-0.2, -0.15) is 0 Å². The van der Waals surface area contributed by atoms with E-state index in [2.05, 4.69) is 29.1 Å². The zero-order valence-corrected chi connectivity index (χ0v) is 17.1. The van der Waals surface area contributed by atoms with Gasteiger partial charge in [0.05, 0.1) is 18.3 Å². The number of rotatable bonds is 7. The van der Waals surface area contributed by atoms with Gasteiger partial charge in [0.1, 0.15) is 0 Å². The van der Waals surface area contributed by atoms with E-state index in [-0.39, 0.29) is 18.1 Å². The Morgan fingerprint density at radius 3 is 2.61 bits per heavy atom. The van der Waals surface area contributed by atoms with Crippen molar-refractivity contribution in [2.24, 2.45) is 5.92 Å². The molecule has 0 aliphatic heterocycles. The number of pyridine rings is 2. The third-order valence-electron chi connectivity index (χ3n) is 5.43. The highest BCUT2D eigenvalue weighted by molar-refractivity contribution is 5.75. The number of carbonyl (C=O) groups excluding carboxylic acids is 1. The van der Waals surface area contributed by atoms with Crippen molar-refractivity contribution in [2.75, 3.05) is 0 Å². The molecule has 1 aliphatic rings. The molecular formula is C23H32N4O. The molecule has 5 nitrogen and oxygen atoms in total. The molecule has 1 N–H and O–H groups in total. The van der Waals surface area contributed by atoms with Gasteiger partial charge in [0.15, 0.2) is 0 Å². The van der Waals surface area contributed by atoms with Gasteiger partial charge < -0.3 is 10.2 Å². The predicted molar refractivity (Wildman–Crippen MR) is 112 cm³/mol. The largest absolute Gasteiger partial charge is 0.331 e. The van der Waals surface area contributed by atoms with Gasteiger partial charge in [0.25, 0.3) is 0 Å². The molecular weight excluding hydrogens is 348 g/mol. The molecule has 2 heterocycles. The van der Waals surface area contributed by atoms with E-state index in [1.54, 1.807) is 12.4 Å². The first-order valence-corrected chi connectivity index (χ1v) is 10.5. The molecule has 1 atom stereocenters. The highest BCUT2D eigenvalue weighted by atomic mass is 16.2. The van der Waals surface area contributed by atoms with Crippen molar-refractivity contribution < 1.29 is 4.79 Å². The van der Waals surface area contributed by atoms with Crippen LogP contribution in [0.3, 0.4) is 0 Å². The minimum absolute atomic E-state index is 0.00653. The number of nitrogens with zero attached hydrogens (tertiary/aromatic N) is 3. The number of carbonyl (C=O) groups is 1. The molecule has 0 radical (unpaired) electrons. The Morgan fingerprint density at radius 2 is 1.96 bits per heavy atom. The lowest BCUT2D eigenvalue weighted by molar-refractivity contribution is 0.145. The zero-order chi connectivity index (χ0) is 19.8. The molecule has 5 heteroatoms. The Hall–Kier alpha value is -2.43. The minimum atomic E-state index is -0.0315. The summed E-state index contributed by atoms with van der Waals surface area (Å²) >= 11 is 0. The lowest BCUT2D eigenvalue weighted by Crippen LogP contribution is -2.47. The summed E-state index contributed by atoms with van der Waals surface area (Å²) in [5.74, 6) is 0.476. The maximum absolute atomic E-state index is 13.4. The molecule has 0 saturated heterocycles. The first kappa shape index (κ1) is 20.3. The third-order valence-corrected chi connectivity index (χ3v) is 5.43. The lowest BCUT2D eigenvalue weighted by atomic mass is 9.94. The van der Waals surface area contributed by atoms with Crippen LogP contribution in [-0.2, 0) is 6.54 Å².